The molecule has 1 unspecified atom stereocenters. The molecule has 3 N–H and O–H groups in total. The lowest BCUT2D eigenvalue weighted by Gasteiger charge is -2.32. The lowest BCUT2D eigenvalue weighted by atomic mass is 10.2. The Balaban J connectivity index is 2.09. The number of likely N-dealkylation sites (N-methyl/N-ethyl adjacent to an activating group) is 1. The Bertz CT molecular complexity index is 227. The van der Waals surface area contributed by atoms with Gasteiger partial charge in [0.15, 0.2) is 0 Å². The first-order valence-corrected chi connectivity index (χ1v) is 6.57. The molecule has 1 aliphatic rings. The standard InChI is InChI=1S/C12H26N4O/c1-3-4-11(13)12(17)14-5-6-16-9-7-15(2)8-10-16/h11H,3-10,13H2,1-2H3,(H,14,17). The monoisotopic (exact) mass is 242 g/mol. The Hall–Kier alpha value is -0.650. The fraction of sp³-hybridized carbons (Fsp3) is 0.917. The highest BCUT2D eigenvalue weighted by Crippen LogP contribution is 1.98. The first-order valence-electron chi connectivity index (χ1n) is 6.57. The quantitative estimate of drug-likeness (QED) is 0.658. The third-order valence-corrected chi connectivity index (χ3v) is 3.26. The van der Waals surface area contributed by atoms with Crippen LogP contribution >= 0.6 is 0 Å². The molecule has 1 atom stereocenters. The first-order chi connectivity index (χ1) is 8.13. The molecule has 17 heavy (non-hydrogen) atoms. The molecular weight excluding hydrogens is 216 g/mol. The highest BCUT2D eigenvalue weighted by Gasteiger charge is 2.15. The number of rotatable bonds is 6. The van der Waals surface area contributed by atoms with Crippen molar-refractivity contribution in [2.24, 2.45) is 5.73 Å². The van der Waals surface area contributed by atoms with Crippen LogP contribution in [0, 0.1) is 0 Å². The zero-order valence-corrected chi connectivity index (χ0v) is 11.1. The molecule has 0 aromatic heterocycles. The van der Waals surface area contributed by atoms with Gasteiger partial charge in [0.2, 0.25) is 5.91 Å². The van der Waals surface area contributed by atoms with Gasteiger partial charge in [-0.3, -0.25) is 9.69 Å². The lowest BCUT2D eigenvalue weighted by molar-refractivity contribution is -0.122. The Morgan fingerprint density at radius 2 is 2.00 bits per heavy atom. The number of carbonyl (C=O) groups excluding carboxylic acids is 1. The maximum absolute atomic E-state index is 11.6. The Morgan fingerprint density at radius 3 is 2.59 bits per heavy atom. The number of piperazine rings is 1. The third kappa shape index (κ3) is 5.48. The van der Waals surface area contributed by atoms with E-state index in [-0.39, 0.29) is 11.9 Å². The molecular formula is C12H26N4O. The van der Waals surface area contributed by atoms with E-state index in [2.05, 4.69) is 22.2 Å². The van der Waals surface area contributed by atoms with Crippen LogP contribution in [-0.2, 0) is 4.79 Å². The van der Waals surface area contributed by atoms with Gasteiger partial charge in [-0.05, 0) is 13.5 Å². The number of nitrogens with zero attached hydrogens (tertiary/aromatic N) is 2. The van der Waals surface area contributed by atoms with E-state index in [4.69, 9.17) is 5.73 Å². The van der Waals surface area contributed by atoms with Crippen molar-refractivity contribution in [3.63, 3.8) is 0 Å². The average Bonchev–Trinajstić information content (AvgIpc) is 2.32. The molecule has 1 saturated heterocycles. The van der Waals surface area contributed by atoms with Crippen molar-refractivity contribution in [3.05, 3.63) is 0 Å². The van der Waals surface area contributed by atoms with E-state index in [0.29, 0.717) is 6.54 Å². The zero-order valence-electron chi connectivity index (χ0n) is 11.1. The molecule has 100 valence electrons. The fourth-order valence-corrected chi connectivity index (χ4v) is 1.98. The summed E-state index contributed by atoms with van der Waals surface area (Å²) in [6, 6.07) is -0.340. The van der Waals surface area contributed by atoms with Gasteiger partial charge in [0.05, 0.1) is 6.04 Å². The molecule has 0 aromatic rings. The van der Waals surface area contributed by atoms with Gasteiger partial charge in [0.25, 0.3) is 0 Å². The van der Waals surface area contributed by atoms with E-state index < -0.39 is 0 Å². The van der Waals surface area contributed by atoms with Gasteiger partial charge in [-0.15, -0.1) is 0 Å². The van der Waals surface area contributed by atoms with Gasteiger partial charge in [0.1, 0.15) is 0 Å². The minimum absolute atomic E-state index is 0.0130. The SMILES string of the molecule is CCCC(N)C(=O)NCCN1CCN(C)CC1. The predicted molar refractivity (Wildman–Crippen MR) is 69.8 cm³/mol. The van der Waals surface area contributed by atoms with Crippen molar-refractivity contribution in [2.45, 2.75) is 25.8 Å². The highest BCUT2D eigenvalue weighted by atomic mass is 16.2. The summed E-state index contributed by atoms with van der Waals surface area (Å²) in [7, 11) is 2.14. The maximum Gasteiger partial charge on any atom is 0.236 e. The van der Waals surface area contributed by atoms with Gasteiger partial charge in [-0.1, -0.05) is 13.3 Å². The van der Waals surface area contributed by atoms with Crippen molar-refractivity contribution in [1.82, 2.24) is 15.1 Å². The second-order valence-electron chi connectivity index (χ2n) is 4.83. The van der Waals surface area contributed by atoms with Crippen LogP contribution in [0.3, 0.4) is 0 Å². The summed E-state index contributed by atoms with van der Waals surface area (Å²) in [4.78, 5) is 16.3. The number of hydrogen-bond donors (Lipinski definition) is 2. The van der Waals surface area contributed by atoms with Gasteiger partial charge >= 0.3 is 0 Å². The van der Waals surface area contributed by atoms with Crippen LogP contribution in [0.25, 0.3) is 0 Å². The van der Waals surface area contributed by atoms with E-state index in [0.717, 1.165) is 45.6 Å². The van der Waals surface area contributed by atoms with E-state index >= 15 is 0 Å². The van der Waals surface area contributed by atoms with Crippen molar-refractivity contribution in [2.75, 3.05) is 46.3 Å². The molecule has 0 radical (unpaired) electrons. The summed E-state index contributed by atoms with van der Waals surface area (Å²) in [5.41, 5.74) is 5.73. The zero-order chi connectivity index (χ0) is 12.7. The molecule has 1 aliphatic heterocycles. The largest absolute Gasteiger partial charge is 0.353 e. The molecule has 0 bridgehead atoms. The lowest BCUT2D eigenvalue weighted by Crippen LogP contribution is -2.48. The van der Waals surface area contributed by atoms with Crippen molar-refractivity contribution < 1.29 is 4.79 Å². The number of carbonyl (C=O) groups is 1. The minimum Gasteiger partial charge on any atom is -0.353 e. The highest BCUT2D eigenvalue weighted by molar-refractivity contribution is 5.81. The predicted octanol–water partition coefficient (Wildman–Crippen LogP) is -0.523. The number of nitrogens with two attached hydrogens (primary N) is 1. The second-order valence-corrected chi connectivity index (χ2v) is 4.83. The molecule has 0 aromatic carbocycles. The Kier molecular flexibility index (Phi) is 6.47. The summed E-state index contributed by atoms with van der Waals surface area (Å²) in [5, 5.41) is 2.91. The fourth-order valence-electron chi connectivity index (χ4n) is 1.98. The molecule has 1 fully saturated rings. The molecule has 1 heterocycles. The van der Waals surface area contributed by atoms with Gasteiger partial charge in [-0.2, -0.15) is 0 Å². The molecule has 5 nitrogen and oxygen atoms in total. The number of hydrogen-bond acceptors (Lipinski definition) is 4. The van der Waals surface area contributed by atoms with E-state index in [9.17, 15) is 4.79 Å². The molecule has 1 rings (SSSR count). The Labute approximate surface area is 104 Å². The van der Waals surface area contributed by atoms with Crippen LogP contribution in [0.15, 0.2) is 0 Å². The van der Waals surface area contributed by atoms with E-state index in [1.54, 1.807) is 0 Å². The maximum atomic E-state index is 11.6. The summed E-state index contributed by atoms with van der Waals surface area (Å²) in [6.45, 7) is 8.09. The van der Waals surface area contributed by atoms with Gasteiger partial charge in [0, 0.05) is 39.3 Å². The number of nitrogens with one attached hydrogen (secondary N) is 1. The van der Waals surface area contributed by atoms with Crippen LogP contribution in [-0.4, -0.2) is 68.1 Å². The van der Waals surface area contributed by atoms with E-state index in [1.165, 1.54) is 0 Å². The topological polar surface area (TPSA) is 61.6 Å². The van der Waals surface area contributed by atoms with E-state index in [1.807, 2.05) is 6.92 Å². The van der Waals surface area contributed by atoms with Crippen LogP contribution in [0.4, 0.5) is 0 Å². The molecule has 5 heteroatoms. The van der Waals surface area contributed by atoms with Crippen molar-refractivity contribution in [1.29, 1.82) is 0 Å². The van der Waals surface area contributed by atoms with Gasteiger partial charge < -0.3 is 16.0 Å². The molecule has 1 amide bonds. The first kappa shape index (κ1) is 14.4. The third-order valence-electron chi connectivity index (χ3n) is 3.26. The number of amides is 1. The molecule has 0 saturated carbocycles. The van der Waals surface area contributed by atoms with Crippen LogP contribution in [0.5, 0.6) is 0 Å². The normalized spacial score (nSPS) is 20.2. The summed E-state index contributed by atoms with van der Waals surface area (Å²) in [5.74, 6) is -0.0130. The Morgan fingerprint density at radius 1 is 1.35 bits per heavy atom. The second kappa shape index (κ2) is 7.63. The smallest absolute Gasteiger partial charge is 0.236 e. The van der Waals surface area contributed by atoms with Gasteiger partial charge in [-0.25, -0.2) is 0 Å². The average molecular weight is 242 g/mol. The van der Waals surface area contributed by atoms with Crippen molar-refractivity contribution in [3.8, 4) is 0 Å². The van der Waals surface area contributed by atoms with Crippen LogP contribution in [0.2, 0.25) is 0 Å². The summed E-state index contributed by atoms with van der Waals surface area (Å²) < 4.78 is 0. The minimum atomic E-state index is -0.340. The van der Waals surface area contributed by atoms with Crippen molar-refractivity contribution >= 4 is 5.91 Å². The van der Waals surface area contributed by atoms with Crippen LogP contribution < -0.4 is 11.1 Å². The molecule has 0 aliphatic carbocycles. The summed E-state index contributed by atoms with van der Waals surface area (Å²) in [6.07, 6.45) is 1.72. The summed E-state index contributed by atoms with van der Waals surface area (Å²) >= 11 is 0. The molecule has 0 spiro atoms. The van der Waals surface area contributed by atoms with Crippen LogP contribution in [0.1, 0.15) is 19.8 Å².